The maximum atomic E-state index is 5.88. The van der Waals surface area contributed by atoms with Crippen LogP contribution in [0.1, 0.15) is 13.3 Å². The van der Waals surface area contributed by atoms with E-state index in [9.17, 15) is 0 Å². The van der Waals surface area contributed by atoms with Crippen LogP contribution in [0.4, 0.5) is 5.95 Å². The molecule has 3 rings (SSSR count). The molecule has 9 nitrogen and oxygen atoms in total. The molecule has 0 atom stereocenters. The van der Waals surface area contributed by atoms with Crippen LogP contribution in [0.15, 0.2) is 25.0 Å². The predicted octanol–water partition coefficient (Wildman–Crippen LogP) is 1.11. The van der Waals surface area contributed by atoms with Gasteiger partial charge in [0, 0.05) is 6.54 Å². The summed E-state index contributed by atoms with van der Waals surface area (Å²) in [6.07, 6.45) is 7.00. The summed E-state index contributed by atoms with van der Waals surface area (Å²) in [5, 5.41) is 11.7. The van der Waals surface area contributed by atoms with Gasteiger partial charge in [-0.15, -0.1) is 0 Å². The summed E-state index contributed by atoms with van der Waals surface area (Å²) in [4.78, 5) is 16.8. The summed E-state index contributed by atoms with van der Waals surface area (Å²) >= 11 is 5.88. The zero-order chi connectivity index (χ0) is 14.7. The maximum absolute atomic E-state index is 5.88. The first kappa shape index (κ1) is 13.4. The van der Waals surface area contributed by atoms with Crippen LogP contribution in [0, 0.1) is 0 Å². The highest BCUT2D eigenvalue weighted by Gasteiger charge is 2.11. The van der Waals surface area contributed by atoms with E-state index in [1.54, 1.807) is 6.20 Å². The SMILES string of the molecule is CCCNc1nc(-n2cncn2)nc(-n2cc(Cl)cn2)n1. The van der Waals surface area contributed by atoms with Gasteiger partial charge in [-0.25, -0.2) is 9.67 Å². The summed E-state index contributed by atoms with van der Waals surface area (Å²) < 4.78 is 2.93. The van der Waals surface area contributed by atoms with Crippen molar-refractivity contribution in [1.82, 2.24) is 39.5 Å². The number of nitrogens with one attached hydrogen (secondary N) is 1. The lowest BCUT2D eigenvalue weighted by Crippen LogP contribution is -2.13. The van der Waals surface area contributed by atoms with Gasteiger partial charge >= 0.3 is 0 Å². The van der Waals surface area contributed by atoms with Gasteiger partial charge in [0.25, 0.3) is 11.9 Å². The summed E-state index contributed by atoms with van der Waals surface area (Å²) in [6.45, 7) is 2.81. The van der Waals surface area contributed by atoms with E-state index >= 15 is 0 Å². The predicted molar refractivity (Wildman–Crippen MR) is 75.7 cm³/mol. The van der Waals surface area contributed by atoms with Gasteiger partial charge in [0.15, 0.2) is 0 Å². The lowest BCUT2D eigenvalue weighted by Gasteiger charge is -2.07. The fourth-order valence-electron chi connectivity index (χ4n) is 1.60. The lowest BCUT2D eigenvalue weighted by atomic mass is 10.5. The van der Waals surface area contributed by atoms with E-state index in [-0.39, 0.29) is 0 Å². The van der Waals surface area contributed by atoms with Gasteiger partial charge in [0.2, 0.25) is 5.95 Å². The molecule has 0 saturated carbocycles. The highest BCUT2D eigenvalue weighted by Crippen LogP contribution is 2.11. The Morgan fingerprint density at radius 3 is 2.57 bits per heavy atom. The molecule has 0 aliphatic rings. The van der Waals surface area contributed by atoms with Crippen LogP contribution in [0.25, 0.3) is 11.9 Å². The second-order valence-electron chi connectivity index (χ2n) is 4.13. The smallest absolute Gasteiger partial charge is 0.258 e. The van der Waals surface area contributed by atoms with E-state index in [4.69, 9.17) is 11.6 Å². The first-order valence-electron chi connectivity index (χ1n) is 6.32. The largest absolute Gasteiger partial charge is 0.354 e. The lowest BCUT2D eigenvalue weighted by molar-refractivity contribution is 0.743. The van der Waals surface area contributed by atoms with Gasteiger partial charge in [-0.3, -0.25) is 0 Å². The Labute approximate surface area is 125 Å². The van der Waals surface area contributed by atoms with Crippen LogP contribution in [0.5, 0.6) is 0 Å². The van der Waals surface area contributed by atoms with Gasteiger partial charge in [-0.2, -0.15) is 29.8 Å². The third kappa shape index (κ3) is 2.97. The maximum Gasteiger partial charge on any atom is 0.258 e. The molecule has 0 aliphatic carbocycles. The number of hydrogen-bond donors (Lipinski definition) is 1. The average Bonchev–Trinajstić information content (AvgIpc) is 3.16. The third-order valence-electron chi connectivity index (χ3n) is 2.52. The molecule has 0 spiro atoms. The number of halogens is 1. The normalized spacial score (nSPS) is 10.8. The molecule has 10 heteroatoms. The minimum absolute atomic E-state index is 0.348. The van der Waals surface area contributed by atoms with Gasteiger partial charge in [-0.05, 0) is 6.42 Å². The second kappa shape index (κ2) is 5.83. The molecule has 3 aromatic heterocycles. The van der Waals surface area contributed by atoms with Crippen molar-refractivity contribution < 1.29 is 0 Å². The van der Waals surface area contributed by atoms with Crippen LogP contribution >= 0.6 is 11.6 Å². The van der Waals surface area contributed by atoms with Gasteiger partial charge in [-0.1, -0.05) is 18.5 Å². The summed E-state index contributed by atoms with van der Waals surface area (Å²) in [7, 11) is 0. The molecule has 3 heterocycles. The van der Waals surface area contributed by atoms with E-state index in [1.165, 1.54) is 28.2 Å². The van der Waals surface area contributed by atoms with Crippen molar-refractivity contribution in [1.29, 1.82) is 0 Å². The standard InChI is InChI=1S/C11H12ClN9/c1-2-3-14-9-17-10(20-5-8(12)4-15-20)19-11(18-9)21-7-13-6-16-21/h4-7H,2-3H2,1H3,(H,14,17,18,19). The fourth-order valence-corrected chi connectivity index (χ4v) is 1.73. The van der Waals surface area contributed by atoms with Gasteiger partial charge in [0.1, 0.15) is 12.7 Å². The summed E-state index contributed by atoms with van der Waals surface area (Å²) in [5.41, 5.74) is 0. The zero-order valence-corrected chi connectivity index (χ0v) is 11.9. The molecule has 0 aromatic carbocycles. The van der Waals surface area contributed by atoms with Gasteiger partial charge < -0.3 is 5.32 Å². The molecular weight excluding hydrogens is 294 g/mol. The van der Waals surface area contributed by atoms with Crippen molar-refractivity contribution >= 4 is 17.5 Å². The molecule has 1 N–H and O–H groups in total. The molecular formula is C11H12ClN9. The van der Waals surface area contributed by atoms with Crippen LogP contribution in [0.2, 0.25) is 5.02 Å². The average molecular weight is 306 g/mol. The molecule has 0 aliphatic heterocycles. The van der Waals surface area contributed by atoms with E-state index in [0.29, 0.717) is 22.9 Å². The van der Waals surface area contributed by atoms with E-state index in [2.05, 4.69) is 42.4 Å². The van der Waals surface area contributed by atoms with Crippen LogP contribution in [0.3, 0.4) is 0 Å². The highest BCUT2D eigenvalue weighted by molar-refractivity contribution is 6.30. The van der Waals surface area contributed by atoms with Crippen LogP contribution < -0.4 is 5.32 Å². The molecule has 0 fully saturated rings. The molecule has 0 radical (unpaired) electrons. The third-order valence-corrected chi connectivity index (χ3v) is 2.72. The molecule has 0 amide bonds. The molecule has 0 saturated heterocycles. The Balaban J connectivity index is 2.04. The Kier molecular flexibility index (Phi) is 3.73. The minimum Gasteiger partial charge on any atom is -0.354 e. The molecule has 3 aromatic rings. The molecule has 0 unspecified atom stereocenters. The summed E-state index contributed by atoms with van der Waals surface area (Å²) in [6, 6.07) is 0. The Morgan fingerprint density at radius 1 is 1.14 bits per heavy atom. The second-order valence-corrected chi connectivity index (χ2v) is 4.57. The molecule has 0 bridgehead atoms. The van der Waals surface area contributed by atoms with E-state index in [0.717, 1.165) is 13.0 Å². The quantitative estimate of drug-likeness (QED) is 0.753. The number of rotatable bonds is 5. The number of nitrogens with zero attached hydrogens (tertiary/aromatic N) is 8. The van der Waals surface area contributed by atoms with Crippen LogP contribution in [-0.2, 0) is 0 Å². The van der Waals surface area contributed by atoms with Crippen molar-refractivity contribution in [3.63, 3.8) is 0 Å². The molecule has 108 valence electrons. The van der Waals surface area contributed by atoms with Crippen molar-refractivity contribution in [2.75, 3.05) is 11.9 Å². The van der Waals surface area contributed by atoms with E-state index in [1.807, 2.05) is 0 Å². The Morgan fingerprint density at radius 2 is 1.95 bits per heavy atom. The zero-order valence-electron chi connectivity index (χ0n) is 11.2. The first-order chi connectivity index (χ1) is 10.3. The molecule has 21 heavy (non-hydrogen) atoms. The first-order valence-corrected chi connectivity index (χ1v) is 6.69. The van der Waals surface area contributed by atoms with Crippen molar-refractivity contribution in [3.8, 4) is 11.9 Å². The monoisotopic (exact) mass is 305 g/mol. The number of aromatic nitrogens is 8. The van der Waals surface area contributed by atoms with Crippen molar-refractivity contribution in [3.05, 3.63) is 30.1 Å². The highest BCUT2D eigenvalue weighted by atomic mass is 35.5. The van der Waals surface area contributed by atoms with Crippen molar-refractivity contribution in [2.45, 2.75) is 13.3 Å². The van der Waals surface area contributed by atoms with E-state index < -0.39 is 0 Å². The minimum atomic E-state index is 0.348. The fraction of sp³-hybridized carbons (Fsp3) is 0.273. The summed E-state index contributed by atoms with van der Waals surface area (Å²) in [5.74, 6) is 1.14. The topological polar surface area (TPSA) is 99.2 Å². The number of anilines is 1. The Hall–Kier alpha value is -2.55. The van der Waals surface area contributed by atoms with Gasteiger partial charge in [0.05, 0.1) is 17.4 Å². The van der Waals surface area contributed by atoms with Crippen molar-refractivity contribution in [2.24, 2.45) is 0 Å². The van der Waals surface area contributed by atoms with Crippen LogP contribution in [-0.4, -0.2) is 46.0 Å². The Bertz CT molecular complexity index is 721. The number of hydrogen-bond acceptors (Lipinski definition) is 7.